The Morgan fingerprint density at radius 1 is 1.38 bits per heavy atom. The summed E-state index contributed by atoms with van der Waals surface area (Å²) in [6.45, 7) is 1.72. The molecule has 1 atom stereocenters. The number of methoxy groups -OCH3 is 1. The van der Waals surface area contributed by atoms with Crippen LogP contribution < -0.4 is 15.0 Å². The Hall–Kier alpha value is -2.61. The van der Waals surface area contributed by atoms with Gasteiger partial charge in [-0.3, -0.25) is 9.48 Å². The van der Waals surface area contributed by atoms with Crippen molar-refractivity contribution in [3.8, 4) is 5.75 Å². The molecule has 1 unspecified atom stereocenters. The molecule has 1 amide bonds. The Balaban J connectivity index is 1.48. The number of aromatic nitrogens is 3. The van der Waals surface area contributed by atoms with Crippen molar-refractivity contribution in [1.82, 2.24) is 20.1 Å². The van der Waals surface area contributed by atoms with Gasteiger partial charge in [0.15, 0.2) is 5.13 Å². The van der Waals surface area contributed by atoms with Crippen LogP contribution in [0.25, 0.3) is 10.2 Å². The molecule has 0 spiro atoms. The lowest BCUT2D eigenvalue weighted by molar-refractivity contribution is 0.0923. The van der Waals surface area contributed by atoms with Crippen molar-refractivity contribution >= 4 is 32.6 Å². The Morgan fingerprint density at radius 2 is 2.27 bits per heavy atom. The maximum Gasteiger partial charge on any atom is 0.269 e. The van der Waals surface area contributed by atoms with E-state index in [-0.39, 0.29) is 11.9 Å². The molecule has 7 nitrogen and oxygen atoms in total. The summed E-state index contributed by atoms with van der Waals surface area (Å²) in [4.78, 5) is 19.4. The van der Waals surface area contributed by atoms with Crippen molar-refractivity contribution < 1.29 is 9.53 Å². The van der Waals surface area contributed by atoms with E-state index in [2.05, 4.69) is 15.3 Å². The average molecular weight is 371 g/mol. The van der Waals surface area contributed by atoms with E-state index in [0.29, 0.717) is 5.69 Å². The maximum absolute atomic E-state index is 12.4. The zero-order valence-corrected chi connectivity index (χ0v) is 15.6. The zero-order valence-electron chi connectivity index (χ0n) is 14.8. The van der Waals surface area contributed by atoms with Gasteiger partial charge in [0.05, 0.1) is 17.3 Å². The summed E-state index contributed by atoms with van der Waals surface area (Å²) in [5, 5.41) is 8.18. The fourth-order valence-corrected chi connectivity index (χ4v) is 4.31. The number of anilines is 1. The van der Waals surface area contributed by atoms with Crippen LogP contribution in [0.4, 0.5) is 5.13 Å². The summed E-state index contributed by atoms with van der Waals surface area (Å²) in [5.74, 6) is 0.763. The first-order chi connectivity index (χ1) is 12.6. The van der Waals surface area contributed by atoms with Gasteiger partial charge in [-0.2, -0.15) is 5.10 Å². The molecular formula is C18H21N5O2S. The zero-order chi connectivity index (χ0) is 18.1. The number of thiazole rings is 1. The van der Waals surface area contributed by atoms with Crippen molar-refractivity contribution in [2.75, 3.05) is 25.1 Å². The minimum absolute atomic E-state index is 0.0779. The van der Waals surface area contributed by atoms with Crippen LogP contribution >= 0.6 is 11.3 Å². The lowest BCUT2D eigenvalue weighted by Gasteiger charge is -2.32. The SMILES string of the molecule is COc1ccc2nc(N3CCCC(NC(=O)c4ccnn4C)C3)sc2c1. The van der Waals surface area contributed by atoms with Crippen molar-refractivity contribution in [2.45, 2.75) is 18.9 Å². The summed E-state index contributed by atoms with van der Waals surface area (Å²) >= 11 is 1.66. The molecule has 1 aromatic carbocycles. The number of carbonyl (C=O) groups excluding carboxylic acids is 1. The normalized spacial score (nSPS) is 17.5. The highest BCUT2D eigenvalue weighted by atomic mass is 32.1. The standard InChI is InChI=1S/C18H21N5O2S/c1-22-15(7-8-19-22)17(24)20-12-4-3-9-23(11-12)18-21-14-6-5-13(25-2)10-16(14)26-18/h5-8,10,12H,3-4,9,11H2,1-2H3,(H,20,24). The molecule has 0 radical (unpaired) electrons. The number of fused-ring (bicyclic) bond motifs is 1. The van der Waals surface area contributed by atoms with Crippen LogP contribution in [-0.2, 0) is 7.05 Å². The van der Waals surface area contributed by atoms with Gasteiger partial charge in [0.2, 0.25) is 0 Å². The van der Waals surface area contributed by atoms with E-state index in [4.69, 9.17) is 9.72 Å². The Labute approximate surface area is 155 Å². The quantitative estimate of drug-likeness (QED) is 0.763. The molecule has 1 aliphatic heterocycles. The first-order valence-electron chi connectivity index (χ1n) is 8.62. The molecule has 136 valence electrons. The third kappa shape index (κ3) is 3.24. The number of amides is 1. The molecule has 3 aromatic rings. The predicted octanol–water partition coefficient (Wildman–Crippen LogP) is 2.44. The molecule has 26 heavy (non-hydrogen) atoms. The Bertz CT molecular complexity index is 935. The molecule has 1 aliphatic rings. The topological polar surface area (TPSA) is 72.3 Å². The number of piperidine rings is 1. The minimum Gasteiger partial charge on any atom is -0.497 e. The van der Waals surface area contributed by atoms with Gasteiger partial charge in [-0.1, -0.05) is 11.3 Å². The summed E-state index contributed by atoms with van der Waals surface area (Å²) in [6.07, 6.45) is 3.63. The van der Waals surface area contributed by atoms with Gasteiger partial charge in [0, 0.05) is 32.4 Å². The lowest BCUT2D eigenvalue weighted by atomic mass is 10.1. The monoisotopic (exact) mass is 371 g/mol. The first-order valence-corrected chi connectivity index (χ1v) is 9.44. The Morgan fingerprint density at radius 3 is 3.04 bits per heavy atom. The molecule has 8 heteroatoms. The van der Waals surface area contributed by atoms with Gasteiger partial charge < -0.3 is 15.0 Å². The van der Waals surface area contributed by atoms with E-state index in [1.54, 1.807) is 42.4 Å². The van der Waals surface area contributed by atoms with Crippen LogP contribution in [0.1, 0.15) is 23.3 Å². The number of benzene rings is 1. The van der Waals surface area contributed by atoms with Crippen LogP contribution in [0, 0.1) is 0 Å². The van der Waals surface area contributed by atoms with E-state index in [0.717, 1.165) is 47.0 Å². The number of rotatable bonds is 4. The number of hydrogen-bond acceptors (Lipinski definition) is 6. The Kier molecular flexibility index (Phi) is 4.50. The highest BCUT2D eigenvalue weighted by Gasteiger charge is 2.24. The third-order valence-electron chi connectivity index (χ3n) is 4.66. The molecule has 1 saturated heterocycles. The smallest absolute Gasteiger partial charge is 0.269 e. The molecule has 1 N–H and O–H groups in total. The van der Waals surface area contributed by atoms with Crippen LogP contribution in [0.3, 0.4) is 0 Å². The van der Waals surface area contributed by atoms with Crippen LogP contribution in [0.2, 0.25) is 0 Å². The van der Waals surface area contributed by atoms with Crippen molar-refractivity contribution in [1.29, 1.82) is 0 Å². The number of nitrogens with one attached hydrogen (secondary N) is 1. The highest BCUT2D eigenvalue weighted by Crippen LogP contribution is 2.32. The fourth-order valence-electron chi connectivity index (χ4n) is 3.28. The first kappa shape index (κ1) is 16.8. The van der Waals surface area contributed by atoms with Crippen molar-refractivity contribution in [2.24, 2.45) is 7.05 Å². The molecule has 0 bridgehead atoms. The molecule has 2 aromatic heterocycles. The van der Waals surface area contributed by atoms with Crippen molar-refractivity contribution in [3.05, 3.63) is 36.2 Å². The number of nitrogens with zero attached hydrogens (tertiary/aromatic N) is 4. The lowest BCUT2D eigenvalue weighted by Crippen LogP contribution is -2.48. The van der Waals surface area contributed by atoms with E-state index >= 15 is 0 Å². The van der Waals surface area contributed by atoms with Crippen molar-refractivity contribution in [3.63, 3.8) is 0 Å². The summed E-state index contributed by atoms with van der Waals surface area (Å²) < 4.78 is 8.00. The van der Waals surface area contributed by atoms with Crippen LogP contribution in [0.15, 0.2) is 30.5 Å². The van der Waals surface area contributed by atoms with Gasteiger partial charge in [-0.25, -0.2) is 4.98 Å². The van der Waals surface area contributed by atoms with E-state index < -0.39 is 0 Å². The van der Waals surface area contributed by atoms with E-state index in [1.807, 2.05) is 18.2 Å². The van der Waals surface area contributed by atoms with Gasteiger partial charge in [0.1, 0.15) is 11.4 Å². The second-order valence-corrected chi connectivity index (χ2v) is 7.44. The second-order valence-electron chi connectivity index (χ2n) is 6.43. The molecule has 1 fully saturated rings. The van der Waals surface area contributed by atoms with Gasteiger partial charge >= 0.3 is 0 Å². The third-order valence-corrected chi connectivity index (χ3v) is 5.74. The summed E-state index contributed by atoms with van der Waals surface area (Å²) in [6, 6.07) is 7.77. The number of aryl methyl sites for hydroxylation is 1. The maximum atomic E-state index is 12.4. The second kappa shape index (κ2) is 6.95. The molecule has 3 heterocycles. The molecule has 0 aliphatic carbocycles. The van der Waals surface area contributed by atoms with Crippen LogP contribution in [0.5, 0.6) is 5.75 Å². The molecule has 4 rings (SSSR count). The summed E-state index contributed by atoms with van der Waals surface area (Å²) in [5.41, 5.74) is 1.56. The number of hydrogen-bond donors (Lipinski definition) is 1. The number of ether oxygens (including phenoxy) is 1. The van der Waals surface area contributed by atoms with Crippen LogP contribution in [-0.4, -0.2) is 46.9 Å². The number of carbonyl (C=O) groups is 1. The predicted molar refractivity (Wildman–Crippen MR) is 102 cm³/mol. The van der Waals surface area contributed by atoms with E-state index in [9.17, 15) is 4.79 Å². The average Bonchev–Trinajstić information content (AvgIpc) is 3.27. The largest absolute Gasteiger partial charge is 0.497 e. The van der Waals surface area contributed by atoms with Gasteiger partial charge in [0.25, 0.3) is 5.91 Å². The minimum atomic E-state index is -0.0779. The van der Waals surface area contributed by atoms with Gasteiger partial charge in [-0.05, 0) is 37.1 Å². The molecule has 0 saturated carbocycles. The highest BCUT2D eigenvalue weighted by molar-refractivity contribution is 7.22. The van der Waals surface area contributed by atoms with Gasteiger partial charge in [-0.15, -0.1) is 0 Å². The fraction of sp³-hybridized carbons (Fsp3) is 0.389. The summed E-state index contributed by atoms with van der Waals surface area (Å²) in [7, 11) is 3.45. The molecular weight excluding hydrogens is 350 g/mol. The van der Waals surface area contributed by atoms with E-state index in [1.165, 1.54) is 0 Å².